The third-order valence-electron chi connectivity index (χ3n) is 1.57. The standard InChI is InChI=1S/C9H13ClN2O2/c1-5(2)14-8-3-6(11)7(4-13)12-9(8)10/h3,5,13H,4,11H2,1-2H3. The fourth-order valence-electron chi connectivity index (χ4n) is 0.985. The maximum absolute atomic E-state index is 8.87. The summed E-state index contributed by atoms with van der Waals surface area (Å²) in [7, 11) is 0. The Morgan fingerprint density at radius 1 is 1.64 bits per heavy atom. The lowest BCUT2D eigenvalue weighted by atomic mass is 10.3. The smallest absolute Gasteiger partial charge is 0.171 e. The summed E-state index contributed by atoms with van der Waals surface area (Å²) in [5.41, 5.74) is 6.36. The van der Waals surface area contributed by atoms with E-state index in [0.29, 0.717) is 17.1 Å². The largest absolute Gasteiger partial charge is 0.488 e. The number of nitrogens with zero attached hydrogens (tertiary/aromatic N) is 1. The molecule has 0 radical (unpaired) electrons. The van der Waals surface area contributed by atoms with Crippen molar-refractivity contribution >= 4 is 17.3 Å². The molecule has 0 aliphatic heterocycles. The highest BCUT2D eigenvalue weighted by molar-refractivity contribution is 6.30. The highest BCUT2D eigenvalue weighted by atomic mass is 35.5. The Hall–Kier alpha value is -1.00. The number of anilines is 1. The molecule has 3 N–H and O–H groups in total. The van der Waals surface area contributed by atoms with E-state index in [1.165, 1.54) is 0 Å². The Morgan fingerprint density at radius 2 is 2.29 bits per heavy atom. The minimum Gasteiger partial charge on any atom is -0.488 e. The molecular formula is C9H13ClN2O2. The van der Waals surface area contributed by atoms with Crippen molar-refractivity contribution in [3.8, 4) is 5.75 Å². The zero-order chi connectivity index (χ0) is 10.7. The van der Waals surface area contributed by atoms with Crippen molar-refractivity contribution in [2.45, 2.75) is 26.6 Å². The molecule has 0 fully saturated rings. The van der Waals surface area contributed by atoms with Crippen LogP contribution in [0, 0.1) is 0 Å². The van der Waals surface area contributed by atoms with Crippen molar-refractivity contribution in [2.75, 3.05) is 5.73 Å². The molecule has 4 nitrogen and oxygen atoms in total. The first-order valence-corrected chi connectivity index (χ1v) is 4.64. The Labute approximate surface area is 87.7 Å². The van der Waals surface area contributed by atoms with Crippen molar-refractivity contribution in [3.63, 3.8) is 0 Å². The van der Waals surface area contributed by atoms with Crippen LogP contribution in [0.15, 0.2) is 6.07 Å². The summed E-state index contributed by atoms with van der Waals surface area (Å²) < 4.78 is 5.37. The number of ether oxygens (including phenoxy) is 1. The van der Waals surface area contributed by atoms with Crippen molar-refractivity contribution < 1.29 is 9.84 Å². The molecule has 14 heavy (non-hydrogen) atoms. The van der Waals surface area contributed by atoms with Crippen molar-refractivity contribution in [2.24, 2.45) is 0 Å². The van der Waals surface area contributed by atoms with E-state index in [9.17, 15) is 0 Å². The summed E-state index contributed by atoms with van der Waals surface area (Å²) in [6.45, 7) is 3.53. The molecule has 1 aromatic rings. The second-order valence-electron chi connectivity index (χ2n) is 3.14. The number of rotatable bonds is 3. The summed E-state index contributed by atoms with van der Waals surface area (Å²) in [4.78, 5) is 3.91. The zero-order valence-corrected chi connectivity index (χ0v) is 8.88. The van der Waals surface area contributed by atoms with Crippen molar-refractivity contribution in [1.82, 2.24) is 4.98 Å². The number of hydrogen-bond acceptors (Lipinski definition) is 4. The Balaban J connectivity index is 3.02. The molecule has 0 bridgehead atoms. The minimum absolute atomic E-state index is 0.00803. The quantitative estimate of drug-likeness (QED) is 0.753. The van der Waals surface area contributed by atoms with E-state index in [2.05, 4.69) is 4.98 Å². The summed E-state index contributed by atoms with van der Waals surface area (Å²) in [5, 5.41) is 9.09. The van der Waals surface area contributed by atoms with Crippen molar-refractivity contribution in [1.29, 1.82) is 0 Å². The lowest BCUT2D eigenvalue weighted by Gasteiger charge is -2.12. The first-order chi connectivity index (χ1) is 6.54. The molecule has 5 heteroatoms. The molecule has 0 spiro atoms. The van der Waals surface area contributed by atoms with Crippen LogP contribution in [0.3, 0.4) is 0 Å². The summed E-state index contributed by atoms with van der Waals surface area (Å²) in [5.74, 6) is 0.441. The summed E-state index contributed by atoms with van der Waals surface area (Å²) in [6.07, 6.45) is 0.00803. The van der Waals surface area contributed by atoms with Gasteiger partial charge in [0.25, 0.3) is 0 Å². The lowest BCUT2D eigenvalue weighted by Crippen LogP contribution is -2.08. The monoisotopic (exact) mass is 216 g/mol. The Kier molecular flexibility index (Phi) is 3.55. The molecule has 0 saturated heterocycles. The van der Waals surface area contributed by atoms with E-state index >= 15 is 0 Å². The fourth-order valence-corrected chi connectivity index (χ4v) is 1.19. The topological polar surface area (TPSA) is 68.4 Å². The minimum atomic E-state index is -0.229. The predicted octanol–water partition coefficient (Wildman–Crippen LogP) is 1.60. The Morgan fingerprint density at radius 3 is 2.79 bits per heavy atom. The Bertz CT molecular complexity index is 329. The molecule has 78 valence electrons. The van der Waals surface area contributed by atoms with Gasteiger partial charge in [0, 0.05) is 6.07 Å². The highest BCUT2D eigenvalue weighted by Crippen LogP contribution is 2.27. The fraction of sp³-hybridized carbons (Fsp3) is 0.444. The molecule has 0 aliphatic carbocycles. The van der Waals surface area contributed by atoms with Gasteiger partial charge < -0.3 is 15.6 Å². The maximum atomic E-state index is 8.87. The van der Waals surface area contributed by atoms with Gasteiger partial charge in [-0.2, -0.15) is 0 Å². The van der Waals surface area contributed by atoms with Crippen LogP contribution in [-0.4, -0.2) is 16.2 Å². The molecular weight excluding hydrogens is 204 g/mol. The number of nitrogen functional groups attached to an aromatic ring is 1. The molecule has 0 aliphatic rings. The molecule has 0 amide bonds. The summed E-state index contributed by atoms with van der Waals surface area (Å²) in [6, 6.07) is 1.57. The van der Waals surface area contributed by atoms with E-state index in [-0.39, 0.29) is 17.9 Å². The predicted molar refractivity (Wildman–Crippen MR) is 55.3 cm³/mol. The number of halogens is 1. The van der Waals surface area contributed by atoms with Crippen LogP contribution in [-0.2, 0) is 6.61 Å². The van der Waals surface area contributed by atoms with E-state index in [1.54, 1.807) is 6.07 Å². The third-order valence-corrected chi connectivity index (χ3v) is 1.84. The number of aliphatic hydroxyl groups excluding tert-OH is 1. The van der Waals surface area contributed by atoms with E-state index in [4.69, 9.17) is 27.2 Å². The summed E-state index contributed by atoms with van der Waals surface area (Å²) >= 11 is 5.82. The van der Waals surface area contributed by atoms with Gasteiger partial charge in [0.2, 0.25) is 0 Å². The van der Waals surface area contributed by atoms with Gasteiger partial charge >= 0.3 is 0 Å². The number of pyridine rings is 1. The van der Waals surface area contributed by atoms with Crippen molar-refractivity contribution in [3.05, 3.63) is 16.9 Å². The van der Waals surface area contributed by atoms with Gasteiger partial charge in [0.15, 0.2) is 10.9 Å². The normalized spacial score (nSPS) is 10.6. The SMILES string of the molecule is CC(C)Oc1cc(N)c(CO)nc1Cl. The first kappa shape index (κ1) is 11.1. The van der Waals surface area contributed by atoms with Gasteiger partial charge in [-0.15, -0.1) is 0 Å². The lowest BCUT2D eigenvalue weighted by molar-refractivity contribution is 0.240. The van der Waals surface area contributed by atoms with Gasteiger partial charge in [-0.25, -0.2) is 4.98 Å². The van der Waals surface area contributed by atoms with E-state index in [1.807, 2.05) is 13.8 Å². The average Bonchev–Trinajstić information content (AvgIpc) is 2.10. The van der Waals surface area contributed by atoms with Gasteiger partial charge in [-0.1, -0.05) is 11.6 Å². The van der Waals surface area contributed by atoms with Crippen LogP contribution in [0.1, 0.15) is 19.5 Å². The van der Waals surface area contributed by atoms with Crippen LogP contribution in [0.25, 0.3) is 0 Å². The molecule has 0 unspecified atom stereocenters. The molecule has 1 aromatic heterocycles. The van der Waals surface area contributed by atoms with Crippen LogP contribution >= 0.6 is 11.6 Å². The van der Waals surface area contributed by atoms with Crippen LogP contribution in [0.4, 0.5) is 5.69 Å². The van der Waals surface area contributed by atoms with Gasteiger partial charge in [-0.3, -0.25) is 0 Å². The van der Waals surface area contributed by atoms with Gasteiger partial charge in [0.1, 0.15) is 0 Å². The third kappa shape index (κ3) is 2.49. The number of hydrogen-bond donors (Lipinski definition) is 2. The van der Waals surface area contributed by atoms with Gasteiger partial charge in [-0.05, 0) is 13.8 Å². The number of nitrogens with two attached hydrogens (primary N) is 1. The van der Waals surface area contributed by atoms with Crippen LogP contribution in [0.5, 0.6) is 5.75 Å². The second-order valence-corrected chi connectivity index (χ2v) is 3.50. The molecule has 0 saturated carbocycles. The van der Waals surface area contributed by atoms with Gasteiger partial charge in [0.05, 0.1) is 24.1 Å². The molecule has 0 atom stereocenters. The second kappa shape index (κ2) is 4.48. The molecule has 1 heterocycles. The van der Waals surface area contributed by atoms with Crippen LogP contribution < -0.4 is 10.5 Å². The first-order valence-electron chi connectivity index (χ1n) is 4.27. The highest BCUT2D eigenvalue weighted by Gasteiger charge is 2.09. The maximum Gasteiger partial charge on any atom is 0.171 e. The molecule has 0 aromatic carbocycles. The van der Waals surface area contributed by atoms with E-state index < -0.39 is 0 Å². The average molecular weight is 217 g/mol. The van der Waals surface area contributed by atoms with Crippen LogP contribution in [0.2, 0.25) is 5.15 Å². The van der Waals surface area contributed by atoms with E-state index in [0.717, 1.165) is 0 Å². The number of aliphatic hydroxyl groups is 1. The number of aromatic nitrogens is 1. The zero-order valence-electron chi connectivity index (χ0n) is 8.12. The molecule has 1 rings (SSSR count).